The van der Waals surface area contributed by atoms with Crippen molar-refractivity contribution in [2.24, 2.45) is 5.92 Å². The molecule has 1 aromatic heterocycles. The molecule has 0 atom stereocenters. The van der Waals surface area contributed by atoms with Crippen LogP contribution in [0.5, 0.6) is 0 Å². The van der Waals surface area contributed by atoms with Gasteiger partial charge in [0.2, 0.25) is 5.91 Å². The number of carbonyl (C=O) groups is 2. The number of nitrogens with zero attached hydrogens (tertiary/aromatic N) is 2. The predicted octanol–water partition coefficient (Wildman–Crippen LogP) is 4.22. The zero-order valence-electron chi connectivity index (χ0n) is 17.4. The SMILES string of the molecule is Cc1cc(C(=O)NCC(C)C)ccc1NC(=O)/C=C/c1cnn(-c2ccccc2)c1. The lowest BCUT2D eigenvalue weighted by Crippen LogP contribution is -2.27. The molecular formula is C24H26N4O2. The smallest absolute Gasteiger partial charge is 0.251 e. The normalized spacial score (nSPS) is 11.1. The number of amides is 2. The molecule has 30 heavy (non-hydrogen) atoms. The average Bonchev–Trinajstić information content (AvgIpc) is 3.21. The molecule has 0 unspecified atom stereocenters. The summed E-state index contributed by atoms with van der Waals surface area (Å²) in [6, 6.07) is 15.0. The van der Waals surface area contributed by atoms with Crippen LogP contribution in [0.25, 0.3) is 11.8 Å². The van der Waals surface area contributed by atoms with Gasteiger partial charge in [-0.25, -0.2) is 4.68 Å². The molecule has 6 nitrogen and oxygen atoms in total. The molecule has 0 bridgehead atoms. The summed E-state index contributed by atoms with van der Waals surface area (Å²) in [7, 11) is 0. The van der Waals surface area contributed by atoms with Gasteiger partial charge in [0, 0.05) is 35.6 Å². The number of nitrogens with one attached hydrogen (secondary N) is 2. The molecule has 2 aromatic carbocycles. The van der Waals surface area contributed by atoms with E-state index in [1.54, 1.807) is 35.2 Å². The van der Waals surface area contributed by atoms with Crippen LogP contribution in [0.3, 0.4) is 0 Å². The van der Waals surface area contributed by atoms with Crippen molar-refractivity contribution in [1.29, 1.82) is 0 Å². The Labute approximate surface area is 176 Å². The molecule has 3 rings (SSSR count). The zero-order valence-corrected chi connectivity index (χ0v) is 17.4. The van der Waals surface area contributed by atoms with Gasteiger partial charge in [-0.15, -0.1) is 0 Å². The molecule has 154 valence electrons. The predicted molar refractivity (Wildman–Crippen MR) is 120 cm³/mol. The van der Waals surface area contributed by atoms with Gasteiger partial charge in [0.05, 0.1) is 11.9 Å². The van der Waals surface area contributed by atoms with Gasteiger partial charge in [-0.3, -0.25) is 9.59 Å². The van der Waals surface area contributed by atoms with Crippen molar-refractivity contribution in [2.45, 2.75) is 20.8 Å². The van der Waals surface area contributed by atoms with Crippen LogP contribution >= 0.6 is 0 Å². The summed E-state index contributed by atoms with van der Waals surface area (Å²) >= 11 is 0. The van der Waals surface area contributed by atoms with Gasteiger partial charge in [0.25, 0.3) is 5.91 Å². The molecule has 0 aliphatic rings. The van der Waals surface area contributed by atoms with Gasteiger partial charge in [-0.2, -0.15) is 5.10 Å². The number of hydrogen-bond donors (Lipinski definition) is 2. The molecule has 0 saturated carbocycles. The van der Waals surface area contributed by atoms with E-state index in [-0.39, 0.29) is 11.8 Å². The van der Waals surface area contributed by atoms with E-state index in [2.05, 4.69) is 15.7 Å². The van der Waals surface area contributed by atoms with Crippen LogP contribution in [0.2, 0.25) is 0 Å². The molecule has 2 N–H and O–H groups in total. The average molecular weight is 402 g/mol. The second kappa shape index (κ2) is 9.69. The first-order valence-corrected chi connectivity index (χ1v) is 9.90. The molecule has 3 aromatic rings. The highest BCUT2D eigenvalue weighted by Gasteiger charge is 2.09. The van der Waals surface area contributed by atoms with E-state index in [1.807, 2.05) is 57.3 Å². The summed E-state index contributed by atoms with van der Waals surface area (Å²) in [6.45, 7) is 6.58. The molecule has 0 saturated heterocycles. The summed E-state index contributed by atoms with van der Waals surface area (Å²) in [5.74, 6) is 0.0303. The molecule has 1 heterocycles. The van der Waals surface area contributed by atoms with E-state index >= 15 is 0 Å². The molecule has 0 aliphatic carbocycles. The van der Waals surface area contributed by atoms with Crippen LogP contribution in [0.1, 0.15) is 35.3 Å². The van der Waals surface area contributed by atoms with Crippen LogP contribution < -0.4 is 10.6 Å². The zero-order chi connectivity index (χ0) is 21.5. The van der Waals surface area contributed by atoms with E-state index in [1.165, 1.54) is 6.08 Å². The van der Waals surface area contributed by atoms with E-state index in [0.29, 0.717) is 23.7 Å². The summed E-state index contributed by atoms with van der Waals surface area (Å²) in [5.41, 5.74) is 3.85. The Morgan fingerprint density at radius 2 is 1.90 bits per heavy atom. The van der Waals surface area contributed by atoms with Gasteiger partial charge < -0.3 is 10.6 Å². The monoisotopic (exact) mass is 402 g/mol. The third-order valence-electron chi connectivity index (χ3n) is 4.47. The highest BCUT2D eigenvalue weighted by Crippen LogP contribution is 2.17. The van der Waals surface area contributed by atoms with Gasteiger partial charge >= 0.3 is 0 Å². The topological polar surface area (TPSA) is 76.0 Å². The first kappa shape index (κ1) is 21.0. The van der Waals surface area contributed by atoms with Crippen molar-refractivity contribution < 1.29 is 9.59 Å². The number of para-hydroxylation sites is 1. The van der Waals surface area contributed by atoms with Gasteiger partial charge in [-0.05, 0) is 54.8 Å². The molecule has 6 heteroatoms. The first-order valence-electron chi connectivity index (χ1n) is 9.90. The maximum atomic E-state index is 12.3. The van der Waals surface area contributed by atoms with Crippen LogP contribution in [-0.2, 0) is 4.79 Å². The standard InChI is InChI=1S/C24H26N4O2/c1-17(2)14-25-24(30)20-10-11-22(18(3)13-20)27-23(29)12-9-19-15-26-28(16-19)21-7-5-4-6-8-21/h4-13,15-17H,14H2,1-3H3,(H,25,30)(H,27,29)/b12-9+. The Bertz CT molecular complexity index is 1050. The van der Waals surface area contributed by atoms with Crippen LogP contribution in [0.15, 0.2) is 67.0 Å². The van der Waals surface area contributed by atoms with Crippen molar-refractivity contribution in [1.82, 2.24) is 15.1 Å². The molecule has 0 radical (unpaired) electrons. The van der Waals surface area contributed by atoms with Gasteiger partial charge in [0.15, 0.2) is 0 Å². The molecule has 2 amide bonds. The van der Waals surface area contributed by atoms with Crippen molar-refractivity contribution in [2.75, 3.05) is 11.9 Å². The van der Waals surface area contributed by atoms with E-state index in [4.69, 9.17) is 0 Å². The summed E-state index contributed by atoms with van der Waals surface area (Å²) in [4.78, 5) is 24.5. The van der Waals surface area contributed by atoms with Crippen molar-refractivity contribution >= 4 is 23.6 Å². The minimum atomic E-state index is -0.248. The van der Waals surface area contributed by atoms with Crippen molar-refractivity contribution in [3.63, 3.8) is 0 Å². The number of rotatable bonds is 7. The maximum Gasteiger partial charge on any atom is 0.251 e. The number of aromatic nitrogens is 2. The van der Waals surface area contributed by atoms with E-state index < -0.39 is 0 Å². The minimum Gasteiger partial charge on any atom is -0.352 e. The lowest BCUT2D eigenvalue weighted by atomic mass is 10.1. The van der Waals surface area contributed by atoms with Gasteiger partial charge in [0.1, 0.15) is 0 Å². The number of anilines is 1. The molecular weight excluding hydrogens is 376 g/mol. The van der Waals surface area contributed by atoms with Gasteiger partial charge in [-0.1, -0.05) is 32.0 Å². The van der Waals surface area contributed by atoms with Crippen molar-refractivity contribution in [3.8, 4) is 5.69 Å². The highest BCUT2D eigenvalue weighted by molar-refractivity contribution is 6.03. The second-order valence-electron chi connectivity index (χ2n) is 7.51. The van der Waals surface area contributed by atoms with E-state index in [0.717, 1.165) is 16.8 Å². The van der Waals surface area contributed by atoms with E-state index in [9.17, 15) is 9.59 Å². The quantitative estimate of drug-likeness (QED) is 0.581. The Morgan fingerprint density at radius 1 is 1.13 bits per heavy atom. The number of benzene rings is 2. The minimum absolute atomic E-state index is 0.111. The lowest BCUT2D eigenvalue weighted by molar-refractivity contribution is -0.111. The number of carbonyl (C=O) groups excluding carboxylic acids is 2. The molecule has 0 spiro atoms. The fourth-order valence-electron chi connectivity index (χ4n) is 2.84. The highest BCUT2D eigenvalue weighted by atomic mass is 16.2. The fraction of sp³-hybridized carbons (Fsp3) is 0.208. The number of aryl methyl sites for hydroxylation is 1. The Hall–Kier alpha value is -3.67. The molecule has 0 aliphatic heterocycles. The van der Waals surface area contributed by atoms with Crippen molar-refractivity contribution in [3.05, 3.63) is 83.7 Å². The third-order valence-corrected chi connectivity index (χ3v) is 4.47. The first-order chi connectivity index (χ1) is 14.4. The fourth-order valence-corrected chi connectivity index (χ4v) is 2.84. The Morgan fingerprint density at radius 3 is 2.60 bits per heavy atom. The third kappa shape index (κ3) is 5.67. The van der Waals surface area contributed by atoms with Crippen LogP contribution in [0, 0.1) is 12.8 Å². The Kier molecular flexibility index (Phi) is 6.80. The summed E-state index contributed by atoms with van der Waals surface area (Å²) in [6.07, 6.45) is 6.74. The summed E-state index contributed by atoms with van der Waals surface area (Å²) in [5, 5.41) is 10.1. The second-order valence-corrected chi connectivity index (χ2v) is 7.51. The lowest BCUT2D eigenvalue weighted by Gasteiger charge is -2.10. The molecule has 0 fully saturated rings. The largest absolute Gasteiger partial charge is 0.352 e. The van der Waals surface area contributed by atoms with Crippen LogP contribution in [-0.4, -0.2) is 28.1 Å². The Balaban J connectivity index is 1.61. The number of hydrogen-bond acceptors (Lipinski definition) is 3. The van der Waals surface area contributed by atoms with Crippen LogP contribution in [0.4, 0.5) is 5.69 Å². The maximum absolute atomic E-state index is 12.3. The summed E-state index contributed by atoms with van der Waals surface area (Å²) < 4.78 is 1.75.